The zero-order valence-electron chi connectivity index (χ0n) is 21.0. The van der Waals surface area contributed by atoms with Crippen LogP contribution in [0.5, 0.6) is 0 Å². The summed E-state index contributed by atoms with van der Waals surface area (Å²) in [6, 6.07) is 9.21. The summed E-state index contributed by atoms with van der Waals surface area (Å²) in [5.41, 5.74) is 1.92. The summed E-state index contributed by atoms with van der Waals surface area (Å²) >= 11 is 0. The average molecular weight is 490 g/mol. The molecule has 0 atom stereocenters. The molecule has 1 saturated carbocycles. The van der Waals surface area contributed by atoms with Crippen LogP contribution in [0.2, 0.25) is 0 Å². The lowest BCUT2D eigenvalue weighted by Crippen LogP contribution is -2.42. The molecule has 1 aliphatic carbocycles. The molecule has 35 heavy (non-hydrogen) atoms. The predicted octanol–water partition coefficient (Wildman–Crippen LogP) is 6.05. The lowest BCUT2D eigenvalue weighted by Gasteiger charge is -2.39. The Labute approximate surface area is 206 Å². The number of aliphatic carboxylic acids is 1. The van der Waals surface area contributed by atoms with Gasteiger partial charge in [-0.2, -0.15) is 0 Å². The molecule has 8 heteroatoms. The molecule has 2 aromatic rings. The van der Waals surface area contributed by atoms with E-state index < -0.39 is 23.0 Å². The van der Waals surface area contributed by atoms with E-state index in [1.807, 2.05) is 18.2 Å². The molecule has 192 valence electrons. The van der Waals surface area contributed by atoms with Crippen LogP contribution in [0.4, 0.5) is 25.8 Å². The second kappa shape index (κ2) is 11.7. The van der Waals surface area contributed by atoms with E-state index in [2.05, 4.69) is 43.2 Å². The number of carbonyl (C=O) groups is 1. The van der Waals surface area contributed by atoms with E-state index in [9.17, 15) is 18.7 Å². The largest absolute Gasteiger partial charge is 0.481 e. The van der Waals surface area contributed by atoms with Gasteiger partial charge in [0.1, 0.15) is 25.1 Å². The SMILES string of the molecule is CC(C)CN(CC(C)C)c1ccc(C2(C(=O)O)CCC2)cc1NCOCNc1ccc(F)cc1F. The minimum Gasteiger partial charge on any atom is -0.481 e. The van der Waals surface area contributed by atoms with Crippen LogP contribution >= 0.6 is 0 Å². The van der Waals surface area contributed by atoms with Gasteiger partial charge in [0, 0.05) is 19.2 Å². The van der Waals surface area contributed by atoms with Crippen molar-refractivity contribution in [1.29, 1.82) is 0 Å². The molecule has 3 N–H and O–H groups in total. The van der Waals surface area contributed by atoms with Crippen LogP contribution in [-0.4, -0.2) is 37.6 Å². The van der Waals surface area contributed by atoms with Crippen LogP contribution in [0, 0.1) is 23.5 Å². The number of rotatable bonds is 13. The molecule has 1 fully saturated rings. The fourth-order valence-electron chi connectivity index (χ4n) is 4.50. The van der Waals surface area contributed by atoms with E-state index in [4.69, 9.17) is 4.74 Å². The van der Waals surface area contributed by atoms with Gasteiger partial charge in [-0.3, -0.25) is 4.79 Å². The number of nitrogens with one attached hydrogen (secondary N) is 2. The molecule has 1 aliphatic rings. The zero-order chi connectivity index (χ0) is 25.6. The van der Waals surface area contributed by atoms with Crippen molar-refractivity contribution in [2.24, 2.45) is 11.8 Å². The van der Waals surface area contributed by atoms with Crippen molar-refractivity contribution < 1.29 is 23.4 Å². The van der Waals surface area contributed by atoms with Gasteiger partial charge in [0.15, 0.2) is 0 Å². The van der Waals surface area contributed by atoms with Crippen LogP contribution in [0.15, 0.2) is 36.4 Å². The normalized spacial score (nSPS) is 14.6. The number of ether oxygens (including phenoxy) is 1. The molecule has 0 aromatic heterocycles. The smallest absolute Gasteiger partial charge is 0.314 e. The highest BCUT2D eigenvalue weighted by molar-refractivity contribution is 5.84. The van der Waals surface area contributed by atoms with E-state index in [-0.39, 0.29) is 19.1 Å². The first-order valence-corrected chi connectivity index (χ1v) is 12.3. The fourth-order valence-corrected chi connectivity index (χ4v) is 4.50. The topological polar surface area (TPSA) is 73.8 Å². The molecule has 0 amide bonds. The van der Waals surface area contributed by atoms with E-state index in [1.54, 1.807) is 0 Å². The number of nitrogens with zero attached hydrogens (tertiary/aromatic N) is 1. The van der Waals surface area contributed by atoms with Gasteiger partial charge < -0.3 is 25.4 Å². The van der Waals surface area contributed by atoms with Crippen LogP contribution in [0.1, 0.15) is 52.5 Å². The Morgan fingerprint density at radius 3 is 2.14 bits per heavy atom. The van der Waals surface area contributed by atoms with Gasteiger partial charge in [-0.15, -0.1) is 0 Å². The lowest BCUT2D eigenvalue weighted by molar-refractivity contribution is -0.147. The molecule has 0 aliphatic heterocycles. The van der Waals surface area contributed by atoms with Gasteiger partial charge in [0.05, 0.1) is 22.5 Å². The van der Waals surface area contributed by atoms with Crippen molar-refractivity contribution in [3.8, 4) is 0 Å². The van der Waals surface area contributed by atoms with E-state index in [0.29, 0.717) is 24.7 Å². The van der Waals surface area contributed by atoms with Gasteiger partial charge in [-0.05, 0) is 54.5 Å². The molecule has 3 rings (SSSR count). The maximum atomic E-state index is 13.8. The minimum absolute atomic E-state index is 0.0192. The number of halogens is 2. The van der Waals surface area contributed by atoms with Crippen LogP contribution in [-0.2, 0) is 14.9 Å². The summed E-state index contributed by atoms with van der Waals surface area (Å²) in [6.45, 7) is 10.6. The third-order valence-corrected chi connectivity index (χ3v) is 6.34. The van der Waals surface area contributed by atoms with Crippen LogP contribution < -0.4 is 15.5 Å². The van der Waals surface area contributed by atoms with Crippen molar-refractivity contribution in [3.05, 3.63) is 53.6 Å². The Balaban J connectivity index is 1.77. The van der Waals surface area contributed by atoms with Crippen molar-refractivity contribution in [2.75, 3.05) is 42.1 Å². The lowest BCUT2D eigenvalue weighted by atomic mass is 9.64. The molecular formula is C27H37F2N3O3. The molecule has 0 bridgehead atoms. The zero-order valence-corrected chi connectivity index (χ0v) is 21.0. The molecule has 6 nitrogen and oxygen atoms in total. The number of anilines is 3. The Hall–Kier alpha value is -2.87. The standard InChI is InChI=1S/C27H37F2N3O3/c1-18(2)14-32(15-19(3)4)25-9-6-20(27(26(33)34)10-5-11-27)12-24(25)31-17-35-16-30-23-8-7-21(28)13-22(23)29/h6-9,12-13,18-19,30-31H,5,10-11,14-17H2,1-4H3,(H,33,34). The number of benzene rings is 2. The summed E-state index contributed by atoms with van der Waals surface area (Å²) < 4.78 is 32.5. The second-order valence-corrected chi connectivity index (χ2v) is 10.1. The number of carboxylic acid groups (broad SMARTS) is 1. The molecular weight excluding hydrogens is 452 g/mol. The highest BCUT2D eigenvalue weighted by atomic mass is 19.1. The Morgan fingerprint density at radius 1 is 1.00 bits per heavy atom. The van der Waals surface area contributed by atoms with Crippen molar-refractivity contribution >= 4 is 23.0 Å². The second-order valence-electron chi connectivity index (χ2n) is 10.1. The third-order valence-electron chi connectivity index (χ3n) is 6.34. The molecule has 0 saturated heterocycles. The third kappa shape index (κ3) is 6.63. The summed E-state index contributed by atoms with van der Waals surface area (Å²) in [4.78, 5) is 14.4. The van der Waals surface area contributed by atoms with Gasteiger partial charge in [0.25, 0.3) is 0 Å². The Morgan fingerprint density at radius 2 is 1.63 bits per heavy atom. The molecule has 0 radical (unpaired) electrons. The Kier molecular flexibility index (Phi) is 8.94. The summed E-state index contributed by atoms with van der Waals surface area (Å²) in [7, 11) is 0. The van der Waals surface area contributed by atoms with Gasteiger partial charge >= 0.3 is 5.97 Å². The molecule has 0 unspecified atom stereocenters. The first-order valence-electron chi connectivity index (χ1n) is 12.3. The van der Waals surface area contributed by atoms with Crippen molar-refractivity contribution in [1.82, 2.24) is 0 Å². The average Bonchev–Trinajstić information content (AvgIpc) is 2.73. The van der Waals surface area contributed by atoms with E-state index >= 15 is 0 Å². The van der Waals surface area contributed by atoms with Crippen molar-refractivity contribution in [2.45, 2.75) is 52.4 Å². The highest BCUT2D eigenvalue weighted by Crippen LogP contribution is 2.46. The maximum absolute atomic E-state index is 13.8. The van der Waals surface area contributed by atoms with Crippen LogP contribution in [0.3, 0.4) is 0 Å². The van der Waals surface area contributed by atoms with E-state index in [0.717, 1.165) is 42.5 Å². The molecule has 0 heterocycles. The monoisotopic (exact) mass is 489 g/mol. The number of hydrogen-bond acceptors (Lipinski definition) is 5. The Bertz CT molecular complexity index is 999. The van der Waals surface area contributed by atoms with Gasteiger partial charge in [-0.25, -0.2) is 8.78 Å². The minimum atomic E-state index is -0.835. The first-order chi connectivity index (χ1) is 16.6. The van der Waals surface area contributed by atoms with Gasteiger partial charge in [-0.1, -0.05) is 40.2 Å². The highest BCUT2D eigenvalue weighted by Gasteiger charge is 2.46. The predicted molar refractivity (Wildman–Crippen MR) is 136 cm³/mol. The number of carboxylic acids is 1. The quantitative estimate of drug-likeness (QED) is 0.235. The maximum Gasteiger partial charge on any atom is 0.314 e. The van der Waals surface area contributed by atoms with Crippen LogP contribution in [0.25, 0.3) is 0 Å². The van der Waals surface area contributed by atoms with E-state index in [1.165, 1.54) is 12.1 Å². The molecule has 0 spiro atoms. The first kappa shape index (κ1) is 26.7. The van der Waals surface area contributed by atoms with Gasteiger partial charge in [0.2, 0.25) is 0 Å². The summed E-state index contributed by atoms with van der Waals surface area (Å²) in [5.74, 6) is -1.21. The van der Waals surface area contributed by atoms with Crippen molar-refractivity contribution in [3.63, 3.8) is 0 Å². The fraction of sp³-hybridized carbons (Fsp3) is 0.519. The number of hydrogen-bond donors (Lipinski definition) is 3. The summed E-state index contributed by atoms with van der Waals surface area (Å²) in [6.07, 6.45) is 2.16. The molecule has 2 aromatic carbocycles. The summed E-state index contributed by atoms with van der Waals surface area (Å²) in [5, 5.41) is 16.0.